The summed E-state index contributed by atoms with van der Waals surface area (Å²) in [6, 6.07) is 3.95. The van der Waals surface area contributed by atoms with E-state index in [0.29, 0.717) is 6.10 Å². The molecule has 0 radical (unpaired) electrons. The Hall–Kier alpha value is -1.83. The molecule has 1 fully saturated rings. The van der Waals surface area contributed by atoms with Gasteiger partial charge in [0.2, 0.25) is 5.88 Å². The number of rotatable bonds is 5. The van der Waals surface area contributed by atoms with Gasteiger partial charge in [-0.05, 0) is 37.3 Å². The fourth-order valence-electron chi connectivity index (χ4n) is 2.38. The highest BCUT2D eigenvalue weighted by atomic mass is 16.5. The van der Waals surface area contributed by atoms with E-state index in [-0.39, 0.29) is 0 Å². The van der Waals surface area contributed by atoms with Crippen molar-refractivity contribution in [3.05, 3.63) is 55.3 Å². The second kappa shape index (κ2) is 6.93. The predicted molar refractivity (Wildman–Crippen MR) is 80.1 cm³/mol. The molecule has 2 heteroatoms. The normalized spacial score (nSPS) is 16.9. The zero-order valence-electron chi connectivity index (χ0n) is 11.3. The van der Waals surface area contributed by atoms with Gasteiger partial charge in [0.05, 0.1) is 0 Å². The molecule has 2 rings (SSSR count). The maximum absolute atomic E-state index is 5.91. The smallest absolute Gasteiger partial charge is 0.213 e. The van der Waals surface area contributed by atoms with Crippen LogP contribution in [0.25, 0.3) is 5.57 Å². The van der Waals surface area contributed by atoms with Crippen LogP contribution in [0.2, 0.25) is 0 Å². The van der Waals surface area contributed by atoms with E-state index in [9.17, 15) is 0 Å². The molecule has 0 spiro atoms. The van der Waals surface area contributed by atoms with Crippen LogP contribution in [0.3, 0.4) is 0 Å². The largest absolute Gasteiger partial charge is 0.474 e. The number of hydrogen-bond donors (Lipinski definition) is 0. The molecule has 2 nitrogen and oxygen atoms in total. The van der Waals surface area contributed by atoms with Gasteiger partial charge in [0.25, 0.3) is 0 Å². The third-order valence-corrected chi connectivity index (χ3v) is 3.43. The van der Waals surface area contributed by atoms with Crippen LogP contribution in [0.15, 0.2) is 49.7 Å². The summed E-state index contributed by atoms with van der Waals surface area (Å²) in [5.41, 5.74) is 2.05. The molecular formula is C17H21NO. The third-order valence-electron chi connectivity index (χ3n) is 3.43. The Kier molecular flexibility index (Phi) is 4.96. The summed E-state index contributed by atoms with van der Waals surface area (Å²) < 4.78 is 5.91. The van der Waals surface area contributed by atoms with Crippen LogP contribution in [0, 0.1) is 0 Å². The quantitative estimate of drug-likeness (QED) is 0.720. The first-order valence-corrected chi connectivity index (χ1v) is 6.91. The van der Waals surface area contributed by atoms with Crippen molar-refractivity contribution in [3.8, 4) is 5.88 Å². The summed E-state index contributed by atoms with van der Waals surface area (Å²) in [6.45, 7) is 7.50. The maximum Gasteiger partial charge on any atom is 0.213 e. The van der Waals surface area contributed by atoms with Crippen LogP contribution in [-0.2, 0) is 0 Å². The minimum absolute atomic E-state index is 0.342. The fraction of sp³-hybridized carbons (Fsp3) is 0.353. The van der Waals surface area contributed by atoms with Crippen molar-refractivity contribution in [1.82, 2.24) is 4.98 Å². The number of ether oxygens (including phenoxy) is 1. The Morgan fingerprint density at radius 1 is 1.21 bits per heavy atom. The third kappa shape index (κ3) is 3.82. The van der Waals surface area contributed by atoms with Crippen LogP contribution in [-0.4, -0.2) is 11.1 Å². The lowest BCUT2D eigenvalue weighted by molar-refractivity contribution is 0.148. The lowest BCUT2D eigenvalue weighted by atomic mass is 9.98. The van der Waals surface area contributed by atoms with Gasteiger partial charge in [-0.25, -0.2) is 4.98 Å². The molecule has 0 atom stereocenters. The summed E-state index contributed by atoms with van der Waals surface area (Å²) in [5.74, 6) is 0.720. The second-order valence-electron chi connectivity index (χ2n) is 4.82. The lowest BCUT2D eigenvalue weighted by Crippen LogP contribution is -2.20. The summed E-state index contributed by atoms with van der Waals surface area (Å²) in [6.07, 6.45) is 13.8. The first-order chi connectivity index (χ1) is 9.33. The van der Waals surface area contributed by atoms with Crippen LogP contribution >= 0.6 is 0 Å². The highest BCUT2D eigenvalue weighted by Gasteiger charge is 2.15. The second-order valence-corrected chi connectivity index (χ2v) is 4.82. The van der Waals surface area contributed by atoms with Gasteiger partial charge >= 0.3 is 0 Å². The lowest BCUT2D eigenvalue weighted by Gasteiger charge is -2.22. The zero-order valence-corrected chi connectivity index (χ0v) is 11.3. The highest BCUT2D eigenvalue weighted by molar-refractivity contribution is 5.74. The number of nitrogens with zero attached hydrogens (tertiary/aromatic N) is 1. The molecule has 0 unspecified atom stereocenters. The number of allylic oxidation sites excluding steroid dienone is 4. The number of aromatic nitrogens is 1. The van der Waals surface area contributed by atoms with Crippen molar-refractivity contribution in [3.63, 3.8) is 0 Å². The summed E-state index contributed by atoms with van der Waals surface area (Å²) in [7, 11) is 0. The van der Waals surface area contributed by atoms with E-state index in [0.717, 1.165) is 29.9 Å². The van der Waals surface area contributed by atoms with Gasteiger partial charge in [-0.2, -0.15) is 0 Å². The monoisotopic (exact) mass is 255 g/mol. The molecule has 1 heterocycles. The number of pyridine rings is 1. The van der Waals surface area contributed by atoms with E-state index < -0.39 is 0 Å². The molecule has 0 N–H and O–H groups in total. The molecule has 0 bridgehead atoms. The van der Waals surface area contributed by atoms with Crippen LogP contribution < -0.4 is 4.74 Å². The summed E-state index contributed by atoms with van der Waals surface area (Å²) in [5, 5.41) is 0. The average Bonchev–Trinajstić information content (AvgIpc) is 2.47. The van der Waals surface area contributed by atoms with Crippen molar-refractivity contribution < 1.29 is 4.74 Å². The van der Waals surface area contributed by atoms with Gasteiger partial charge in [-0.15, -0.1) is 0 Å². The number of hydrogen-bond acceptors (Lipinski definition) is 2. The maximum atomic E-state index is 5.91. The van der Waals surface area contributed by atoms with Gasteiger partial charge in [0.1, 0.15) is 6.10 Å². The molecule has 0 amide bonds. The predicted octanol–water partition coefficient (Wildman–Crippen LogP) is 4.55. The van der Waals surface area contributed by atoms with Crippen molar-refractivity contribution in [2.75, 3.05) is 0 Å². The SMILES string of the molecule is C=C/C=C(\C=C)c1ccc(OC2CCCCC2)nc1. The van der Waals surface area contributed by atoms with Crippen molar-refractivity contribution in [2.45, 2.75) is 38.2 Å². The van der Waals surface area contributed by atoms with E-state index >= 15 is 0 Å². The Labute approximate surface area is 115 Å². The van der Waals surface area contributed by atoms with E-state index in [1.54, 1.807) is 12.2 Å². The molecule has 19 heavy (non-hydrogen) atoms. The summed E-state index contributed by atoms with van der Waals surface area (Å²) >= 11 is 0. The van der Waals surface area contributed by atoms with E-state index in [4.69, 9.17) is 4.74 Å². The van der Waals surface area contributed by atoms with E-state index in [1.807, 2.05) is 24.4 Å². The van der Waals surface area contributed by atoms with Gasteiger partial charge in [0.15, 0.2) is 0 Å². The van der Waals surface area contributed by atoms with Crippen LogP contribution in [0.5, 0.6) is 5.88 Å². The zero-order chi connectivity index (χ0) is 13.5. The highest BCUT2D eigenvalue weighted by Crippen LogP contribution is 2.23. The molecule has 0 saturated heterocycles. The average molecular weight is 255 g/mol. The molecule has 1 aromatic heterocycles. The standard InChI is InChI=1S/C17H21NO/c1-3-8-14(4-2)15-11-12-17(18-13-15)19-16-9-6-5-7-10-16/h3-4,8,11-13,16H,1-2,5-7,9-10H2/b14-8+. The molecule has 100 valence electrons. The summed E-state index contributed by atoms with van der Waals surface area (Å²) in [4.78, 5) is 4.38. The molecule has 1 aliphatic carbocycles. The Balaban J connectivity index is 2.03. The molecule has 1 aromatic rings. The Morgan fingerprint density at radius 3 is 2.58 bits per heavy atom. The first-order valence-electron chi connectivity index (χ1n) is 6.91. The Morgan fingerprint density at radius 2 is 2.00 bits per heavy atom. The van der Waals surface area contributed by atoms with Crippen LogP contribution in [0.4, 0.5) is 0 Å². The fourth-order valence-corrected chi connectivity index (χ4v) is 2.38. The minimum atomic E-state index is 0.342. The topological polar surface area (TPSA) is 22.1 Å². The first kappa shape index (κ1) is 13.6. The van der Waals surface area contributed by atoms with Gasteiger partial charge in [-0.1, -0.05) is 37.8 Å². The molecular weight excluding hydrogens is 234 g/mol. The van der Waals surface area contributed by atoms with Gasteiger partial charge < -0.3 is 4.74 Å². The van der Waals surface area contributed by atoms with Gasteiger partial charge in [0, 0.05) is 17.8 Å². The molecule has 1 aliphatic rings. The van der Waals surface area contributed by atoms with Crippen molar-refractivity contribution in [1.29, 1.82) is 0 Å². The van der Waals surface area contributed by atoms with Crippen molar-refractivity contribution >= 4 is 5.57 Å². The van der Waals surface area contributed by atoms with E-state index in [1.165, 1.54) is 19.3 Å². The Bertz CT molecular complexity index is 453. The minimum Gasteiger partial charge on any atom is -0.474 e. The van der Waals surface area contributed by atoms with Crippen LogP contribution in [0.1, 0.15) is 37.7 Å². The molecule has 1 saturated carbocycles. The van der Waals surface area contributed by atoms with E-state index in [2.05, 4.69) is 18.1 Å². The van der Waals surface area contributed by atoms with Gasteiger partial charge in [-0.3, -0.25) is 0 Å². The molecule has 0 aliphatic heterocycles. The molecule has 0 aromatic carbocycles. The van der Waals surface area contributed by atoms with Crippen molar-refractivity contribution in [2.24, 2.45) is 0 Å².